The number of pyridine rings is 1. The molecule has 4 aromatic rings. The highest BCUT2D eigenvalue weighted by molar-refractivity contribution is 6.00. The van der Waals surface area contributed by atoms with Crippen molar-refractivity contribution in [3.05, 3.63) is 66.1 Å². The molecular formula is C25H24F3N7O3. The summed E-state index contributed by atoms with van der Waals surface area (Å²) in [6, 6.07) is 4.17. The Morgan fingerprint density at radius 1 is 1.05 bits per heavy atom. The fourth-order valence-electron chi connectivity index (χ4n) is 3.54. The lowest BCUT2D eigenvalue weighted by Gasteiger charge is -2.14. The van der Waals surface area contributed by atoms with Crippen molar-refractivity contribution in [2.45, 2.75) is 26.9 Å². The SMILES string of the molecule is CCOc1cc(-c2ncc(NC(=O)Nc3cc(-n4cnc(C)c4)cc(C(F)(F)F)c3)c(C)n2)cnc1OC. The van der Waals surface area contributed by atoms with Crippen LogP contribution >= 0.6 is 0 Å². The lowest BCUT2D eigenvalue weighted by molar-refractivity contribution is -0.137. The van der Waals surface area contributed by atoms with Crippen molar-refractivity contribution in [3.63, 3.8) is 0 Å². The van der Waals surface area contributed by atoms with E-state index in [2.05, 4.69) is 30.6 Å². The Bertz CT molecular complexity index is 1470. The van der Waals surface area contributed by atoms with E-state index in [0.29, 0.717) is 41.0 Å². The van der Waals surface area contributed by atoms with Crippen LogP contribution in [0.4, 0.5) is 29.3 Å². The van der Waals surface area contributed by atoms with Gasteiger partial charge in [-0.05, 0) is 45.0 Å². The summed E-state index contributed by atoms with van der Waals surface area (Å²) in [6.07, 6.45) is 1.29. The number of hydrogen-bond donors (Lipinski definition) is 2. The van der Waals surface area contributed by atoms with E-state index >= 15 is 0 Å². The second kappa shape index (κ2) is 10.7. The van der Waals surface area contributed by atoms with Crippen LogP contribution in [0.3, 0.4) is 0 Å². The number of hydrogen-bond acceptors (Lipinski definition) is 7. The molecule has 2 amide bonds. The third-order valence-electron chi connectivity index (χ3n) is 5.31. The van der Waals surface area contributed by atoms with E-state index in [1.807, 2.05) is 6.92 Å². The first-order valence-electron chi connectivity index (χ1n) is 11.4. The summed E-state index contributed by atoms with van der Waals surface area (Å²) in [5, 5.41) is 5.02. The Labute approximate surface area is 215 Å². The molecule has 0 aliphatic rings. The van der Waals surface area contributed by atoms with Gasteiger partial charge in [-0.25, -0.2) is 24.7 Å². The highest BCUT2D eigenvalue weighted by Gasteiger charge is 2.31. The van der Waals surface area contributed by atoms with E-state index in [0.717, 1.165) is 12.1 Å². The maximum absolute atomic E-state index is 13.5. The molecule has 0 saturated carbocycles. The van der Waals surface area contributed by atoms with Crippen LogP contribution in [0, 0.1) is 13.8 Å². The molecular weight excluding hydrogens is 503 g/mol. The van der Waals surface area contributed by atoms with Gasteiger partial charge in [0.2, 0.25) is 0 Å². The van der Waals surface area contributed by atoms with Gasteiger partial charge >= 0.3 is 12.2 Å². The Kier molecular flexibility index (Phi) is 7.46. The normalized spacial score (nSPS) is 11.2. The number of urea groups is 1. The zero-order chi connectivity index (χ0) is 27.4. The Morgan fingerprint density at radius 3 is 2.47 bits per heavy atom. The summed E-state index contributed by atoms with van der Waals surface area (Å²) in [7, 11) is 1.48. The topological polar surface area (TPSA) is 116 Å². The molecule has 0 atom stereocenters. The van der Waals surface area contributed by atoms with Crippen molar-refractivity contribution < 1.29 is 27.4 Å². The molecule has 3 aromatic heterocycles. The standard InChI is InChI=1S/C25H24F3N7O3/c1-5-38-21-6-16(10-30-23(21)37-4)22-29-11-20(15(3)32-22)34-24(36)33-18-7-17(25(26,27)28)8-19(9-18)35-12-14(2)31-13-35/h6-13H,5H2,1-4H3,(H2,33,34,36). The number of carbonyl (C=O) groups excluding carboxylic acids is 1. The average Bonchev–Trinajstić information content (AvgIpc) is 3.31. The smallest absolute Gasteiger partial charge is 0.416 e. The first-order chi connectivity index (χ1) is 18.1. The minimum Gasteiger partial charge on any atom is -0.488 e. The van der Waals surface area contributed by atoms with Gasteiger partial charge in [-0.1, -0.05) is 0 Å². The summed E-state index contributed by atoms with van der Waals surface area (Å²) in [4.78, 5) is 29.6. The summed E-state index contributed by atoms with van der Waals surface area (Å²) >= 11 is 0. The maximum Gasteiger partial charge on any atom is 0.416 e. The molecule has 0 saturated heterocycles. The van der Waals surface area contributed by atoms with Crippen LogP contribution < -0.4 is 20.1 Å². The predicted octanol–water partition coefficient (Wildman–Crippen LogP) is 5.41. The molecule has 1 aromatic carbocycles. The van der Waals surface area contributed by atoms with Gasteiger partial charge in [0.1, 0.15) is 0 Å². The number of nitrogens with one attached hydrogen (secondary N) is 2. The molecule has 0 unspecified atom stereocenters. The lowest BCUT2D eigenvalue weighted by atomic mass is 10.1. The molecule has 2 N–H and O–H groups in total. The number of anilines is 2. The molecule has 13 heteroatoms. The molecule has 198 valence electrons. The van der Waals surface area contributed by atoms with E-state index in [-0.39, 0.29) is 17.1 Å². The number of alkyl halides is 3. The number of rotatable bonds is 7. The molecule has 0 radical (unpaired) electrons. The fourth-order valence-corrected chi connectivity index (χ4v) is 3.54. The highest BCUT2D eigenvalue weighted by atomic mass is 19.4. The van der Waals surface area contributed by atoms with Gasteiger partial charge in [-0.2, -0.15) is 13.2 Å². The van der Waals surface area contributed by atoms with Crippen molar-refractivity contribution in [2.24, 2.45) is 0 Å². The van der Waals surface area contributed by atoms with Crippen LogP contribution in [0.25, 0.3) is 17.1 Å². The van der Waals surface area contributed by atoms with E-state index < -0.39 is 17.8 Å². The number of methoxy groups -OCH3 is 1. The first-order valence-corrected chi connectivity index (χ1v) is 11.4. The quantitative estimate of drug-likeness (QED) is 0.330. The third-order valence-corrected chi connectivity index (χ3v) is 5.31. The van der Waals surface area contributed by atoms with E-state index in [1.165, 1.54) is 36.5 Å². The van der Waals surface area contributed by atoms with Crippen LogP contribution in [0.2, 0.25) is 0 Å². The Hall–Kier alpha value is -4.68. The summed E-state index contributed by atoms with van der Waals surface area (Å²) in [5.41, 5.74) is 1.13. The van der Waals surface area contributed by atoms with Crippen molar-refractivity contribution in [1.29, 1.82) is 0 Å². The monoisotopic (exact) mass is 527 g/mol. The van der Waals surface area contributed by atoms with Gasteiger partial charge in [-0.3, -0.25) is 0 Å². The molecule has 0 spiro atoms. The van der Waals surface area contributed by atoms with Crippen molar-refractivity contribution in [3.8, 4) is 28.7 Å². The number of aryl methyl sites for hydroxylation is 2. The molecule has 3 heterocycles. The number of carbonyl (C=O) groups is 1. The van der Waals surface area contributed by atoms with Gasteiger partial charge < -0.3 is 24.7 Å². The number of benzene rings is 1. The van der Waals surface area contributed by atoms with Crippen molar-refractivity contribution in [1.82, 2.24) is 24.5 Å². The predicted molar refractivity (Wildman–Crippen MR) is 134 cm³/mol. The average molecular weight is 528 g/mol. The van der Waals surface area contributed by atoms with Gasteiger partial charge in [0, 0.05) is 29.3 Å². The highest BCUT2D eigenvalue weighted by Crippen LogP contribution is 2.33. The molecule has 0 fully saturated rings. The van der Waals surface area contributed by atoms with Crippen molar-refractivity contribution in [2.75, 3.05) is 24.4 Å². The number of ether oxygens (including phenoxy) is 2. The Balaban J connectivity index is 1.54. The molecule has 4 rings (SSSR count). The fraction of sp³-hybridized carbons (Fsp3) is 0.240. The zero-order valence-corrected chi connectivity index (χ0v) is 20.9. The van der Waals surface area contributed by atoms with Gasteiger partial charge in [0.25, 0.3) is 5.88 Å². The number of halogens is 3. The summed E-state index contributed by atoms with van der Waals surface area (Å²) in [6.45, 7) is 5.62. The zero-order valence-electron chi connectivity index (χ0n) is 20.9. The Morgan fingerprint density at radius 2 is 1.84 bits per heavy atom. The number of aromatic nitrogens is 5. The molecule has 0 aliphatic carbocycles. The van der Waals surface area contributed by atoms with Crippen LogP contribution in [-0.2, 0) is 6.18 Å². The molecule has 0 bridgehead atoms. The van der Waals surface area contributed by atoms with Gasteiger partial charge in [0.05, 0.1) is 48.9 Å². The number of nitrogens with zero attached hydrogens (tertiary/aromatic N) is 5. The largest absolute Gasteiger partial charge is 0.488 e. The number of imidazole rings is 1. The van der Waals surface area contributed by atoms with E-state index in [1.54, 1.807) is 26.1 Å². The van der Waals surface area contributed by atoms with Gasteiger partial charge in [-0.15, -0.1) is 0 Å². The van der Waals surface area contributed by atoms with Crippen LogP contribution in [-0.4, -0.2) is 44.3 Å². The molecule has 38 heavy (non-hydrogen) atoms. The minimum atomic E-state index is -4.61. The van der Waals surface area contributed by atoms with Crippen LogP contribution in [0.5, 0.6) is 11.6 Å². The van der Waals surface area contributed by atoms with Crippen LogP contribution in [0.1, 0.15) is 23.9 Å². The second-order valence-corrected chi connectivity index (χ2v) is 8.12. The summed E-state index contributed by atoms with van der Waals surface area (Å²) in [5.74, 6) is 1.09. The van der Waals surface area contributed by atoms with Gasteiger partial charge in [0.15, 0.2) is 11.6 Å². The second-order valence-electron chi connectivity index (χ2n) is 8.12. The lowest BCUT2D eigenvalue weighted by Crippen LogP contribution is -2.21. The van der Waals surface area contributed by atoms with Crippen LogP contribution in [0.15, 0.2) is 49.2 Å². The van der Waals surface area contributed by atoms with Crippen molar-refractivity contribution >= 4 is 17.4 Å². The van der Waals surface area contributed by atoms with E-state index in [9.17, 15) is 18.0 Å². The summed E-state index contributed by atoms with van der Waals surface area (Å²) < 4.78 is 52.7. The maximum atomic E-state index is 13.5. The molecule has 0 aliphatic heterocycles. The first kappa shape index (κ1) is 26.4. The van der Waals surface area contributed by atoms with E-state index in [4.69, 9.17) is 9.47 Å². The number of amides is 2. The molecule has 10 nitrogen and oxygen atoms in total. The third kappa shape index (κ3) is 5.99. The minimum absolute atomic E-state index is 0.0540.